The Morgan fingerprint density at radius 1 is 1.00 bits per heavy atom. The van der Waals surface area contributed by atoms with Crippen LogP contribution in [0.25, 0.3) is 0 Å². The number of halogens is 1. The zero-order valence-corrected chi connectivity index (χ0v) is 17.4. The average Bonchev–Trinajstić information content (AvgIpc) is 3.60. The third-order valence-electron chi connectivity index (χ3n) is 6.73. The van der Waals surface area contributed by atoms with Crippen LogP contribution in [0.2, 0.25) is 0 Å². The molecule has 0 bridgehead atoms. The highest BCUT2D eigenvalue weighted by Crippen LogP contribution is 2.33. The van der Waals surface area contributed by atoms with Crippen molar-refractivity contribution in [1.82, 2.24) is 14.7 Å². The molecular formula is C23H32FN3O2. The van der Waals surface area contributed by atoms with E-state index in [1.165, 1.54) is 12.1 Å². The Morgan fingerprint density at radius 3 is 2.34 bits per heavy atom. The van der Waals surface area contributed by atoms with Crippen LogP contribution in [0.5, 0.6) is 0 Å². The highest BCUT2D eigenvalue weighted by atomic mass is 19.1. The van der Waals surface area contributed by atoms with E-state index in [2.05, 4.69) is 9.80 Å². The number of nitrogens with zero attached hydrogens (tertiary/aromatic N) is 3. The van der Waals surface area contributed by atoms with E-state index in [0.29, 0.717) is 24.4 Å². The molecule has 1 atom stereocenters. The van der Waals surface area contributed by atoms with Crippen LogP contribution in [-0.4, -0.2) is 65.8 Å². The van der Waals surface area contributed by atoms with Gasteiger partial charge < -0.3 is 9.80 Å². The summed E-state index contributed by atoms with van der Waals surface area (Å²) in [6, 6.07) is 6.84. The number of likely N-dealkylation sites (tertiary alicyclic amines) is 2. The van der Waals surface area contributed by atoms with E-state index in [1.807, 2.05) is 7.05 Å². The Balaban J connectivity index is 1.28. The predicted molar refractivity (Wildman–Crippen MR) is 109 cm³/mol. The molecule has 5 nitrogen and oxygen atoms in total. The molecule has 2 amide bonds. The van der Waals surface area contributed by atoms with Gasteiger partial charge in [0.1, 0.15) is 5.82 Å². The summed E-state index contributed by atoms with van der Waals surface area (Å²) in [5, 5.41) is 0. The molecule has 2 aliphatic heterocycles. The first-order valence-electron chi connectivity index (χ1n) is 11.0. The quantitative estimate of drug-likeness (QED) is 0.762. The van der Waals surface area contributed by atoms with Crippen molar-refractivity contribution in [2.75, 3.05) is 33.2 Å². The Morgan fingerprint density at radius 2 is 1.69 bits per heavy atom. The number of hydrogen-bond acceptors (Lipinski definition) is 3. The number of hydrogen-bond donors (Lipinski definition) is 0. The van der Waals surface area contributed by atoms with Gasteiger partial charge >= 0.3 is 0 Å². The molecule has 29 heavy (non-hydrogen) atoms. The van der Waals surface area contributed by atoms with E-state index < -0.39 is 0 Å². The summed E-state index contributed by atoms with van der Waals surface area (Å²) < 4.78 is 13.1. The number of rotatable bonds is 5. The number of amides is 2. The molecule has 0 spiro atoms. The number of carbonyl (C=O) groups is 2. The van der Waals surface area contributed by atoms with Crippen LogP contribution in [-0.2, 0) is 16.1 Å². The van der Waals surface area contributed by atoms with Crippen LogP contribution in [0.1, 0.15) is 44.1 Å². The maximum absolute atomic E-state index is 13.1. The Labute approximate surface area is 172 Å². The Kier molecular flexibility index (Phi) is 6.18. The van der Waals surface area contributed by atoms with E-state index in [-0.39, 0.29) is 17.6 Å². The molecule has 0 unspecified atom stereocenters. The lowest BCUT2D eigenvalue weighted by molar-refractivity contribution is -0.137. The SMILES string of the molecule is CN(Cc1ccc(F)cc1)C(=O)[C@@H]1CCCN(C2CCN(C(=O)C3CC3)CC2)C1. The monoisotopic (exact) mass is 401 g/mol. The van der Waals surface area contributed by atoms with Crippen molar-refractivity contribution in [3.8, 4) is 0 Å². The van der Waals surface area contributed by atoms with Crippen LogP contribution >= 0.6 is 0 Å². The minimum Gasteiger partial charge on any atom is -0.342 e. The molecule has 6 heteroatoms. The molecule has 0 radical (unpaired) electrons. The van der Waals surface area contributed by atoms with Crippen molar-refractivity contribution in [3.63, 3.8) is 0 Å². The first-order valence-corrected chi connectivity index (χ1v) is 11.0. The molecule has 0 N–H and O–H groups in total. The van der Waals surface area contributed by atoms with Crippen molar-refractivity contribution >= 4 is 11.8 Å². The summed E-state index contributed by atoms with van der Waals surface area (Å²) in [5.74, 6) is 0.619. The van der Waals surface area contributed by atoms with E-state index in [0.717, 1.165) is 70.3 Å². The van der Waals surface area contributed by atoms with E-state index in [1.54, 1.807) is 17.0 Å². The normalized spacial score (nSPS) is 23.8. The molecule has 3 aliphatic rings. The molecular weight excluding hydrogens is 369 g/mol. The summed E-state index contributed by atoms with van der Waals surface area (Å²) in [4.78, 5) is 31.6. The maximum Gasteiger partial charge on any atom is 0.227 e. The minimum absolute atomic E-state index is 0.0281. The fraction of sp³-hybridized carbons (Fsp3) is 0.652. The average molecular weight is 402 g/mol. The predicted octanol–water partition coefficient (Wildman–Crippen LogP) is 2.90. The Hall–Kier alpha value is -1.95. The van der Waals surface area contributed by atoms with Crippen molar-refractivity contribution in [2.24, 2.45) is 11.8 Å². The van der Waals surface area contributed by atoms with Crippen molar-refractivity contribution in [2.45, 2.75) is 51.1 Å². The zero-order chi connectivity index (χ0) is 20.4. The van der Waals surface area contributed by atoms with Gasteiger partial charge in [-0.1, -0.05) is 12.1 Å². The smallest absolute Gasteiger partial charge is 0.227 e. The second kappa shape index (κ2) is 8.82. The van der Waals surface area contributed by atoms with Gasteiger partial charge in [0.25, 0.3) is 0 Å². The highest BCUT2D eigenvalue weighted by Gasteiger charge is 2.37. The molecule has 1 saturated carbocycles. The lowest BCUT2D eigenvalue weighted by Crippen LogP contribution is -2.51. The summed E-state index contributed by atoms with van der Waals surface area (Å²) in [7, 11) is 1.84. The highest BCUT2D eigenvalue weighted by molar-refractivity contribution is 5.81. The second-order valence-electron chi connectivity index (χ2n) is 8.99. The van der Waals surface area contributed by atoms with Crippen LogP contribution in [0.15, 0.2) is 24.3 Å². The van der Waals surface area contributed by atoms with E-state index >= 15 is 0 Å². The van der Waals surface area contributed by atoms with Crippen molar-refractivity contribution in [3.05, 3.63) is 35.6 Å². The first kappa shape index (κ1) is 20.3. The molecule has 1 aromatic carbocycles. The fourth-order valence-electron chi connectivity index (χ4n) is 4.83. The molecule has 1 aromatic rings. The lowest BCUT2D eigenvalue weighted by Gasteiger charge is -2.42. The van der Waals surface area contributed by atoms with Crippen LogP contribution in [0.3, 0.4) is 0 Å². The minimum atomic E-state index is -0.254. The van der Waals surface area contributed by atoms with Gasteiger partial charge in [-0.2, -0.15) is 0 Å². The third-order valence-corrected chi connectivity index (χ3v) is 6.73. The first-order chi connectivity index (χ1) is 14.0. The van der Waals surface area contributed by atoms with Crippen molar-refractivity contribution in [1.29, 1.82) is 0 Å². The topological polar surface area (TPSA) is 43.9 Å². The molecule has 2 saturated heterocycles. The summed E-state index contributed by atoms with van der Waals surface area (Å²) >= 11 is 0. The van der Waals surface area contributed by atoms with Gasteiger partial charge in [0.2, 0.25) is 11.8 Å². The molecule has 4 rings (SSSR count). The van der Waals surface area contributed by atoms with Gasteiger partial charge in [0.15, 0.2) is 0 Å². The van der Waals surface area contributed by atoms with Crippen LogP contribution in [0, 0.1) is 17.7 Å². The summed E-state index contributed by atoms with van der Waals surface area (Å²) in [5.41, 5.74) is 0.947. The Bertz CT molecular complexity index is 726. The molecule has 2 heterocycles. The zero-order valence-electron chi connectivity index (χ0n) is 17.4. The standard InChI is InChI=1S/C23H32FN3O2/c1-25(15-17-4-8-20(24)9-5-17)22(28)19-3-2-12-27(16-19)21-10-13-26(14-11-21)23(29)18-6-7-18/h4-5,8-9,18-19,21H,2-3,6-7,10-16H2,1H3/t19-/m1/s1. The van der Waals surface area contributed by atoms with Gasteiger partial charge in [0.05, 0.1) is 5.92 Å². The van der Waals surface area contributed by atoms with Gasteiger partial charge in [-0.25, -0.2) is 4.39 Å². The lowest BCUT2D eigenvalue weighted by atomic mass is 9.92. The summed E-state index contributed by atoms with van der Waals surface area (Å²) in [6.07, 6.45) is 6.15. The van der Waals surface area contributed by atoms with Gasteiger partial charge in [-0.3, -0.25) is 14.5 Å². The number of carbonyl (C=O) groups excluding carboxylic acids is 2. The maximum atomic E-state index is 13.1. The fourth-order valence-corrected chi connectivity index (χ4v) is 4.83. The van der Waals surface area contributed by atoms with Crippen LogP contribution in [0.4, 0.5) is 4.39 Å². The second-order valence-corrected chi connectivity index (χ2v) is 8.99. The molecule has 0 aromatic heterocycles. The van der Waals surface area contributed by atoms with Crippen molar-refractivity contribution < 1.29 is 14.0 Å². The molecule has 158 valence electrons. The summed E-state index contributed by atoms with van der Waals surface area (Å²) in [6.45, 7) is 4.09. The molecule has 3 fully saturated rings. The molecule has 1 aliphatic carbocycles. The van der Waals surface area contributed by atoms with Gasteiger partial charge in [-0.15, -0.1) is 0 Å². The van der Waals surface area contributed by atoms with Crippen LogP contribution < -0.4 is 0 Å². The third kappa shape index (κ3) is 4.97. The van der Waals surface area contributed by atoms with Gasteiger partial charge in [-0.05, 0) is 62.8 Å². The number of piperidine rings is 2. The van der Waals surface area contributed by atoms with E-state index in [4.69, 9.17) is 0 Å². The largest absolute Gasteiger partial charge is 0.342 e. The number of benzene rings is 1. The van der Waals surface area contributed by atoms with Gasteiger partial charge in [0, 0.05) is 45.2 Å². The van der Waals surface area contributed by atoms with E-state index in [9.17, 15) is 14.0 Å².